The van der Waals surface area contributed by atoms with Gasteiger partial charge in [-0.3, -0.25) is 4.68 Å². The summed E-state index contributed by atoms with van der Waals surface area (Å²) in [7, 11) is 0. The molecule has 0 bridgehead atoms. The summed E-state index contributed by atoms with van der Waals surface area (Å²) in [5, 5.41) is 7.89. The second-order valence-electron chi connectivity index (χ2n) is 3.94. The van der Waals surface area contributed by atoms with Crippen LogP contribution < -0.4 is 5.32 Å². The fourth-order valence-corrected chi connectivity index (χ4v) is 2.47. The molecule has 1 aliphatic rings. The lowest BCUT2D eigenvalue weighted by Crippen LogP contribution is -2.26. The van der Waals surface area contributed by atoms with Crippen molar-refractivity contribution in [1.29, 1.82) is 0 Å². The highest BCUT2D eigenvalue weighted by Crippen LogP contribution is 2.28. The molecule has 2 rings (SSSR count). The quantitative estimate of drug-likeness (QED) is 0.792. The molecule has 0 saturated carbocycles. The van der Waals surface area contributed by atoms with Crippen LogP contribution in [0, 0.1) is 0 Å². The average molecular weight is 193 g/mol. The average Bonchev–Trinajstić information content (AvgIpc) is 2.85. The van der Waals surface area contributed by atoms with Gasteiger partial charge in [0, 0.05) is 30.4 Å². The standard InChI is InChI=1S/C11H19N3/c1-3-10-9(5-7-12-10)11-6-8-13-14(11)4-2/h6,8-10,12H,3-5,7H2,1-2H3. The smallest absolute Gasteiger partial charge is 0.0492 e. The highest BCUT2D eigenvalue weighted by Gasteiger charge is 2.28. The molecule has 1 aromatic rings. The van der Waals surface area contributed by atoms with E-state index in [1.54, 1.807) is 0 Å². The predicted molar refractivity (Wildman–Crippen MR) is 57.3 cm³/mol. The van der Waals surface area contributed by atoms with Gasteiger partial charge in [0.25, 0.3) is 0 Å². The topological polar surface area (TPSA) is 29.9 Å². The normalized spacial score (nSPS) is 27.0. The van der Waals surface area contributed by atoms with Crippen LogP contribution in [0.4, 0.5) is 0 Å². The van der Waals surface area contributed by atoms with Gasteiger partial charge in [0.2, 0.25) is 0 Å². The molecule has 1 saturated heterocycles. The van der Waals surface area contributed by atoms with E-state index in [0.717, 1.165) is 13.1 Å². The van der Waals surface area contributed by atoms with Crippen molar-refractivity contribution in [3.8, 4) is 0 Å². The molecular formula is C11H19N3. The van der Waals surface area contributed by atoms with Crippen LogP contribution in [0.1, 0.15) is 38.3 Å². The van der Waals surface area contributed by atoms with Crippen LogP contribution in [0.15, 0.2) is 12.3 Å². The number of hydrogen-bond acceptors (Lipinski definition) is 2. The molecule has 0 spiro atoms. The number of nitrogens with one attached hydrogen (secondary N) is 1. The molecule has 2 unspecified atom stereocenters. The van der Waals surface area contributed by atoms with Gasteiger partial charge in [0.05, 0.1) is 0 Å². The van der Waals surface area contributed by atoms with E-state index >= 15 is 0 Å². The monoisotopic (exact) mass is 193 g/mol. The second-order valence-corrected chi connectivity index (χ2v) is 3.94. The van der Waals surface area contributed by atoms with Gasteiger partial charge in [0.15, 0.2) is 0 Å². The van der Waals surface area contributed by atoms with Crippen molar-refractivity contribution in [3.63, 3.8) is 0 Å². The zero-order valence-electron chi connectivity index (χ0n) is 9.03. The lowest BCUT2D eigenvalue weighted by molar-refractivity contribution is 0.490. The van der Waals surface area contributed by atoms with E-state index in [4.69, 9.17) is 0 Å². The van der Waals surface area contributed by atoms with Crippen molar-refractivity contribution in [2.75, 3.05) is 6.54 Å². The van der Waals surface area contributed by atoms with Gasteiger partial charge >= 0.3 is 0 Å². The maximum atomic E-state index is 4.34. The molecule has 78 valence electrons. The van der Waals surface area contributed by atoms with E-state index in [-0.39, 0.29) is 0 Å². The van der Waals surface area contributed by atoms with E-state index in [2.05, 4.69) is 35.0 Å². The first-order chi connectivity index (χ1) is 6.86. The Bertz CT molecular complexity index is 292. The molecule has 0 aliphatic carbocycles. The Morgan fingerprint density at radius 3 is 3.14 bits per heavy atom. The largest absolute Gasteiger partial charge is 0.313 e. The maximum absolute atomic E-state index is 4.34. The van der Waals surface area contributed by atoms with Crippen molar-refractivity contribution >= 4 is 0 Å². The number of rotatable bonds is 3. The molecule has 3 nitrogen and oxygen atoms in total. The summed E-state index contributed by atoms with van der Waals surface area (Å²) in [4.78, 5) is 0. The third kappa shape index (κ3) is 1.57. The van der Waals surface area contributed by atoms with Gasteiger partial charge in [-0.25, -0.2) is 0 Å². The van der Waals surface area contributed by atoms with E-state index in [1.807, 2.05) is 6.20 Å². The van der Waals surface area contributed by atoms with Crippen LogP contribution in [0.2, 0.25) is 0 Å². The zero-order chi connectivity index (χ0) is 9.97. The highest BCUT2D eigenvalue weighted by molar-refractivity contribution is 5.13. The van der Waals surface area contributed by atoms with Gasteiger partial charge in [-0.2, -0.15) is 5.10 Å². The zero-order valence-corrected chi connectivity index (χ0v) is 9.03. The van der Waals surface area contributed by atoms with E-state index in [9.17, 15) is 0 Å². The molecule has 0 aromatic carbocycles. The van der Waals surface area contributed by atoms with Crippen LogP contribution in [0.3, 0.4) is 0 Å². The Morgan fingerprint density at radius 1 is 1.57 bits per heavy atom. The van der Waals surface area contributed by atoms with Crippen LogP contribution in [0.25, 0.3) is 0 Å². The SMILES string of the molecule is CCC1NCCC1c1ccnn1CC. The van der Waals surface area contributed by atoms with Crippen molar-refractivity contribution in [1.82, 2.24) is 15.1 Å². The molecule has 1 N–H and O–H groups in total. The molecule has 14 heavy (non-hydrogen) atoms. The molecule has 2 atom stereocenters. The number of aromatic nitrogens is 2. The van der Waals surface area contributed by atoms with Gasteiger partial charge in [0.1, 0.15) is 0 Å². The van der Waals surface area contributed by atoms with Crippen molar-refractivity contribution in [2.45, 2.75) is 45.2 Å². The Balaban J connectivity index is 2.21. The third-order valence-corrected chi connectivity index (χ3v) is 3.22. The maximum Gasteiger partial charge on any atom is 0.0492 e. The van der Waals surface area contributed by atoms with Gasteiger partial charge in [-0.15, -0.1) is 0 Å². The second kappa shape index (κ2) is 4.13. The highest BCUT2D eigenvalue weighted by atomic mass is 15.3. The van der Waals surface area contributed by atoms with Crippen molar-refractivity contribution in [2.24, 2.45) is 0 Å². The fraction of sp³-hybridized carbons (Fsp3) is 0.727. The Labute approximate surface area is 85.5 Å². The Morgan fingerprint density at radius 2 is 2.43 bits per heavy atom. The molecular weight excluding hydrogens is 174 g/mol. The minimum atomic E-state index is 0.650. The number of nitrogens with zero attached hydrogens (tertiary/aromatic N) is 2. The van der Waals surface area contributed by atoms with E-state index in [0.29, 0.717) is 12.0 Å². The van der Waals surface area contributed by atoms with Crippen LogP contribution >= 0.6 is 0 Å². The summed E-state index contributed by atoms with van der Waals surface area (Å²) in [5.41, 5.74) is 1.41. The van der Waals surface area contributed by atoms with Crippen LogP contribution in [0.5, 0.6) is 0 Å². The molecule has 1 aromatic heterocycles. The minimum absolute atomic E-state index is 0.650. The van der Waals surface area contributed by atoms with E-state index < -0.39 is 0 Å². The van der Waals surface area contributed by atoms with Crippen LogP contribution in [-0.4, -0.2) is 22.4 Å². The Hall–Kier alpha value is -0.830. The number of hydrogen-bond donors (Lipinski definition) is 1. The first-order valence-electron chi connectivity index (χ1n) is 5.61. The van der Waals surface area contributed by atoms with Gasteiger partial charge in [-0.05, 0) is 32.4 Å². The summed E-state index contributed by atoms with van der Waals surface area (Å²) < 4.78 is 2.13. The summed E-state index contributed by atoms with van der Waals surface area (Å²) in [6.07, 6.45) is 4.38. The molecule has 2 heterocycles. The van der Waals surface area contributed by atoms with Crippen molar-refractivity contribution < 1.29 is 0 Å². The predicted octanol–water partition coefficient (Wildman–Crippen LogP) is 1.76. The first-order valence-corrected chi connectivity index (χ1v) is 5.61. The lowest BCUT2D eigenvalue weighted by Gasteiger charge is -2.18. The molecule has 0 radical (unpaired) electrons. The lowest BCUT2D eigenvalue weighted by atomic mass is 9.95. The van der Waals surface area contributed by atoms with Gasteiger partial charge < -0.3 is 5.32 Å². The minimum Gasteiger partial charge on any atom is -0.313 e. The number of aryl methyl sites for hydroxylation is 1. The first kappa shape index (κ1) is 9.71. The molecule has 1 aliphatic heterocycles. The summed E-state index contributed by atoms with van der Waals surface area (Å²) in [6, 6.07) is 2.82. The van der Waals surface area contributed by atoms with Crippen LogP contribution in [-0.2, 0) is 6.54 Å². The Kier molecular flexibility index (Phi) is 2.87. The summed E-state index contributed by atoms with van der Waals surface area (Å²) in [6.45, 7) is 6.54. The fourth-order valence-electron chi connectivity index (χ4n) is 2.47. The molecule has 1 fully saturated rings. The summed E-state index contributed by atoms with van der Waals surface area (Å²) in [5.74, 6) is 0.669. The molecule has 3 heteroatoms. The van der Waals surface area contributed by atoms with E-state index in [1.165, 1.54) is 18.5 Å². The third-order valence-electron chi connectivity index (χ3n) is 3.22. The summed E-state index contributed by atoms with van der Waals surface area (Å²) >= 11 is 0. The van der Waals surface area contributed by atoms with Gasteiger partial charge in [-0.1, -0.05) is 6.92 Å². The van der Waals surface area contributed by atoms with Crippen molar-refractivity contribution in [3.05, 3.63) is 18.0 Å². The molecule has 0 amide bonds.